The van der Waals surface area contributed by atoms with E-state index in [-0.39, 0.29) is 0 Å². The Kier molecular flexibility index (Phi) is 5.24. The van der Waals surface area contributed by atoms with Crippen molar-refractivity contribution in [3.05, 3.63) is 18.7 Å². The highest BCUT2D eigenvalue weighted by Gasteiger charge is 2.23. The van der Waals surface area contributed by atoms with Crippen LogP contribution in [0, 0.1) is 11.8 Å². The fraction of sp³-hybridized carbons (Fsp3) is 0.800. The van der Waals surface area contributed by atoms with Gasteiger partial charge in [0.05, 0.1) is 6.33 Å². The molecule has 18 heavy (non-hydrogen) atoms. The third-order valence-corrected chi connectivity index (χ3v) is 4.24. The number of imidazole rings is 1. The van der Waals surface area contributed by atoms with Gasteiger partial charge in [0.25, 0.3) is 0 Å². The smallest absolute Gasteiger partial charge is 0.0945 e. The molecule has 1 aliphatic carbocycles. The summed E-state index contributed by atoms with van der Waals surface area (Å²) in [5.74, 6) is 1.78. The Morgan fingerprint density at radius 2 is 2.28 bits per heavy atom. The number of rotatable bonds is 6. The molecule has 0 radical (unpaired) electrons. The molecule has 1 aromatic heterocycles. The summed E-state index contributed by atoms with van der Waals surface area (Å²) in [7, 11) is 0. The Hall–Kier alpha value is -0.830. The van der Waals surface area contributed by atoms with Crippen LogP contribution in [0.5, 0.6) is 0 Å². The molecule has 0 bridgehead atoms. The molecular weight excluding hydrogens is 222 g/mol. The third kappa shape index (κ3) is 4.13. The fourth-order valence-corrected chi connectivity index (χ4v) is 3.01. The second-order valence-electron chi connectivity index (χ2n) is 5.98. The van der Waals surface area contributed by atoms with Crippen LogP contribution in [0.4, 0.5) is 0 Å². The van der Waals surface area contributed by atoms with Gasteiger partial charge in [-0.15, -0.1) is 0 Å². The van der Waals surface area contributed by atoms with Gasteiger partial charge < -0.3 is 9.88 Å². The minimum Gasteiger partial charge on any atom is -0.337 e. The number of hydrogen-bond donors (Lipinski definition) is 1. The maximum Gasteiger partial charge on any atom is 0.0945 e. The van der Waals surface area contributed by atoms with Gasteiger partial charge in [-0.2, -0.15) is 0 Å². The topological polar surface area (TPSA) is 29.9 Å². The normalized spacial score (nSPS) is 24.6. The average molecular weight is 249 g/mol. The van der Waals surface area contributed by atoms with E-state index in [4.69, 9.17) is 0 Å². The van der Waals surface area contributed by atoms with E-state index in [0.717, 1.165) is 31.0 Å². The van der Waals surface area contributed by atoms with Crippen LogP contribution in [0.15, 0.2) is 18.7 Å². The molecule has 1 N–H and O–H groups in total. The molecule has 0 amide bonds. The SMILES string of the molecule is CC(C)C1CCCC(NCCCn2ccnc2)C1. The van der Waals surface area contributed by atoms with E-state index >= 15 is 0 Å². The van der Waals surface area contributed by atoms with Gasteiger partial charge in [-0.25, -0.2) is 4.98 Å². The molecule has 2 rings (SSSR count). The zero-order valence-corrected chi connectivity index (χ0v) is 11.8. The molecule has 0 aromatic carbocycles. The highest BCUT2D eigenvalue weighted by Crippen LogP contribution is 2.29. The molecule has 0 aliphatic heterocycles. The van der Waals surface area contributed by atoms with Crippen LogP contribution in [0.2, 0.25) is 0 Å². The summed E-state index contributed by atoms with van der Waals surface area (Å²) in [4.78, 5) is 4.06. The molecule has 1 aromatic rings. The van der Waals surface area contributed by atoms with Gasteiger partial charge >= 0.3 is 0 Å². The van der Waals surface area contributed by atoms with Gasteiger partial charge in [0.15, 0.2) is 0 Å². The van der Waals surface area contributed by atoms with E-state index < -0.39 is 0 Å². The number of aryl methyl sites for hydroxylation is 1. The lowest BCUT2D eigenvalue weighted by atomic mass is 9.79. The Bertz CT molecular complexity index is 318. The van der Waals surface area contributed by atoms with Gasteiger partial charge in [0.2, 0.25) is 0 Å². The summed E-state index contributed by atoms with van der Waals surface area (Å²) in [5.41, 5.74) is 0. The van der Waals surface area contributed by atoms with Crippen LogP contribution in [0.25, 0.3) is 0 Å². The average Bonchev–Trinajstić information content (AvgIpc) is 2.88. The summed E-state index contributed by atoms with van der Waals surface area (Å²) < 4.78 is 2.15. The predicted molar refractivity (Wildman–Crippen MR) is 75.4 cm³/mol. The van der Waals surface area contributed by atoms with E-state index in [0.29, 0.717) is 0 Å². The van der Waals surface area contributed by atoms with Crippen molar-refractivity contribution in [3.8, 4) is 0 Å². The Balaban J connectivity index is 1.61. The highest BCUT2D eigenvalue weighted by atomic mass is 15.0. The van der Waals surface area contributed by atoms with Gasteiger partial charge in [-0.3, -0.25) is 0 Å². The maximum atomic E-state index is 4.06. The molecule has 3 heteroatoms. The summed E-state index contributed by atoms with van der Waals surface area (Å²) >= 11 is 0. The van der Waals surface area contributed by atoms with E-state index in [9.17, 15) is 0 Å². The van der Waals surface area contributed by atoms with E-state index in [1.165, 1.54) is 32.1 Å². The number of hydrogen-bond acceptors (Lipinski definition) is 2. The molecule has 3 nitrogen and oxygen atoms in total. The van der Waals surface area contributed by atoms with E-state index in [1.54, 1.807) is 0 Å². The van der Waals surface area contributed by atoms with Crippen molar-refractivity contribution < 1.29 is 0 Å². The summed E-state index contributed by atoms with van der Waals surface area (Å²) in [6.45, 7) is 6.94. The van der Waals surface area contributed by atoms with Crippen LogP contribution >= 0.6 is 0 Å². The first kappa shape index (κ1) is 13.6. The second-order valence-corrected chi connectivity index (χ2v) is 5.98. The maximum absolute atomic E-state index is 4.06. The van der Waals surface area contributed by atoms with Crippen molar-refractivity contribution in [2.45, 2.75) is 58.5 Å². The summed E-state index contributed by atoms with van der Waals surface area (Å²) in [6, 6.07) is 0.758. The quantitative estimate of drug-likeness (QED) is 0.785. The molecule has 102 valence electrons. The van der Waals surface area contributed by atoms with Gasteiger partial charge in [-0.1, -0.05) is 26.7 Å². The molecule has 1 heterocycles. The Morgan fingerprint density at radius 3 is 3.00 bits per heavy atom. The first-order valence-electron chi connectivity index (χ1n) is 7.45. The highest BCUT2D eigenvalue weighted by molar-refractivity contribution is 4.79. The second kappa shape index (κ2) is 6.93. The lowest BCUT2D eigenvalue weighted by molar-refractivity contribution is 0.231. The summed E-state index contributed by atoms with van der Waals surface area (Å²) in [5, 5.41) is 3.74. The van der Waals surface area contributed by atoms with E-state index in [1.807, 2.05) is 18.7 Å². The molecular formula is C15H27N3. The van der Waals surface area contributed by atoms with Crippen molar-refractivity contribution in [2.24, 2.45) is 11.8 Å². The lowest BCUT2D eigenvalue weighted by Crippen LogP contribution is -2.36. The Morgan fingerprint density at radius 1 is 1.39 bits per heavy atom. The first-order valence-corrected chi connectivity index (χ1v) is 7.45. The molecule has 2 unspecified atom stereocenters. The third-order valence-electron chi connectivity index (χ3n) is 4.24. The molecule has 1 saturated carbocycles. The molecule has 2 atom stereocenters. The van der Waals surface area contributed by atoms with Crippen molar-refractivity contribution in [2.75, 3.05) is 6.54 Å². The zero-order valence-electron chi connectivity index (χ0n) is 11.8. The molecule has 0 saturated heterocycles. The zero-order chi connectivity index (χ0) is 12.8. The van der Waals surface area contributed by atoms with Crippen molar-refractivity contribution in [3.63, 3.8) is 0 Å². The van der Waals surface area contributed by atoms with Crippen LogP contribution in [0.3, 0.4) is 0 Å². The van der Waals surface area contributed by atoms with Gasteiger partial charge in [0, 0.05) is 25.0 Å². The number of nitrogens with zero attached hydrogens (tertiary/aromatic N) is 2. The summed E-state index contributed by atoms with van der Waals surface area (Å²) in [6.07, 6.45) is 12.6. The van der Waals surface area contributed by atoms with E-state index in [2.05, 4.69) is 28.7 Å². The Labute approximate surface area is 111 Å². The minimum absolute atomic E-state index is 0.758. The fourth-order valence-electron chi connectivity index (χ4n) is 3.01. The predicted octanol–water partition coefficient (Wildman–Crippen LogP) is 3.08. The monoisotopic (exact) mass is 249 g/mol. The largest absolute Gasteiger partial charge is 0.337 e. The molecule has 0 spiro atoms. The molecule has 1 aliphatic rings. The van der Waals surface area contributed by atoms with Crippen LogP contribution in [0.1, 0.15) is 46.0 Å². The van der Waals surface area contributed by atoms with Gasteiger partial charge in [-0.05, 0) is 37.6 Å². The van der Waals surface area contributed by atoms with Gasteiger partial charge in [0.1, 0.15) is 0 Å². The van der Waals surface area contributed by atoms with Crippen LogP contribution in [-0.4, -0.2) is 22.1 Å². The van der Waals surface area contributed by atoms with Crippen molar-refractivity contribution in [1.29, 1.82) is 0 Å². The van der Waals surface area contributed by atoms with Crippen molar-refractivity contribution >= 4 is 0 Å². The number of nitrogens with one attached hydrogen (secondary N) is 1. The van der Waals surface area contributed by atoms with Crippen LogP contribution in [-0.2, 0) is 6.54 Å². The minimum atomic E-state index is 0.758. The van der Waals surface area contributed by atoms with Crippen LogP contribution < -0.4 is 5.32 Å². The first-order chi connectivity index (χ1) is 8.75. The van der Waals surface area contributed by atoms with Crippen molar-refractivity contribution in [1.82, 2.24) is 14.9 Å². The lowest BCUT2D eigenvalue weighted by Gasteiger charge is -2.32. The standard InChI is InChI=1S/C15H27N3/c1-13(2)14-5-3-6-15(11-14)17-7-4-9-18-10-8-16-12-18/h8,10,12-15,17H,3-7,9,11H2,1-2H3. The molecule has 1 fully saturated rings. The number of aromatic nitrogens is 2.